The molecule has 0 bridgehead atoms. The van der Waals surface area contributed by atoms with Gasteiger partial charge in [-0.15, -0.1) is 0 Å². The molecule has 0 saturated heterocycles. The quantitative estimate of drug-likeness (QED) is 0.724. The highest BCUT2D eigenvalue weighted by atomic mass is 16.5. The Kier molecular flexibility index (Phi) is 7.04. The molecule has 5 nitrogen and oxygen atoms in total. The number of methoxy groups -OCH3 is 2. The van der Waals surface area contributed by atoms with Gasteiger partial charge >= 0.3 is 0 Å². The van der Waals surface area contributed by atoms with Crippen LogP contribution in [0, 0.1) is 0 Å². The maximum Gasteiger partial charge on any atom is 0.224 e. The van der Waals surface area contributed by atoms with E-state index in [1.54, 1.807) is 33.3 Å². The van der Waals surface area contributed by atoms with Crippen molar-refractivity contribution in [2.75, 3.05) is 20.8 Å². The van der Waals surface area contributed by atoms with Gasteiger partial charge in [-0.2, -0.15) is 0 Å². The molecule has 5 heteroatoms. The molecule has 2 aromatic carbocycles. The first-order valence-electron chi connectivity index (χ1n) is 8.67. The summed E-state index contributed by atoms with van der Waals surface area (Å²) in [6.07, 6.45) is 1.56. The Bertz CT molecular complexity index is 713. The second-order valence-corrected chi connectivity index (χ2v) is 6.63. The third kappa shape index (κ3) is 6.08. The predicted molar refractivity (Wildman–Crippen MR) is 102 cm³/mol. The molecule has 0 aliphatic rings. The van der Waals surface area contributed by atoms with Crippen LogP contribution in [0.25, 0.3) is 0 Å². The van der Waals surface area contributed by atoms with Gasteiger partial charge in [0.1, 0.15) is 0 Å². The fraction of sp³-hybridized carbons (Fsp3) is 0.381. The van der Waals surface area contributed by atoms with Crippen LogP contribution >= 0.6 is 0 Å². The zero-order valence-electron chi connectivity index (χ0n) is 15.6. The Labute approximate surface area is 155 Å². The molecule has 0 radical (unpaired) electrons. The highest BCUT2D eigenvalue weighted by Gasteiger charge is 2.21. The van der Waals surface area contributed by atoms with Gasteiger partial charge in [0.05, 0.1) is 26.2 Å². The molecule has 0 aliphatic carbocycles. The van der Waals surface area contributed by atoms with Crippen LogP contribution in [0.3, 0.4) is 0 Å². The molecule has 1 unspecified atom stereocenters. The second kappa shape index (κ2) is 9.25. The summed E-state index contributed by atoms with van der Waals surface area (Å²) in [4.78, 5) is 12.2. The summed E-state index contributed by atoms with van der Waals surface area (Å²) in [7, 11) is 3.13. The highest BCUT2D eigenvalue weighted by Crippen LogP contribution is 2.27. The Morgan fingerprint density at radius 1 is 1.04 bits per heavy atom. The van der Waals surface area contributed by atoms with E-state index in [4.69, 9.17) is 9.47 Å². The van der Waals surface area contributed by atoms with Crippen LogP contribution in [-0.2, 0) is 17.6 Å². The number of hydrogen-bond donors (Lipinski definition) is 2. The first-order chi connectivity index (χ1) is 12.4. The van der Waals surface area contributed by atoms with Crippen LogP contribution in [0.4, 0.5) is 0 Å². The summed E-state index contributed by atoms with van der Waals surface area (Å²) >= 11 is 0. The van der Waals surface area contributed by atoms with E-state index in [0.717, 1.165) is 12.0 Å². The van der Waals surface area contributed by atoms with Crippen molar-refractivity contribution in [3.05, 3.63) is 59.7 Å². The molecule has 26 heavy (non-hydrogen) atoms. The Morgan fingerprint density at radius 3 is 2.38 bits per heavy atom. The number of ether oxygens (including phenoxy) is 2. The summed E-state index contributed by atoms with van der Waals surface area (Å²) in [5.74, 6) is 1.07. The van der Waals surface area contributed by atoms with Gasteiger partial charge in [0.2, 0.25) is 5.91 Å². The maximum absolute atomic E-state index is 12.2. The minimum Gasteiger partial charge on any atom is -0.493 e. The van der Waals surface area contributed by atoms with Gasteiger partial charge in [0, 0.05) is 6.54 Å². The summed E-state index contributed by atoms with van der Waals surface area (Å²) < 4.78 is 10.4. The van der Waals surface area contributed by atoms with Crippen LogP contribution in [0.15, 0.2) is 48.5 Å². The average Bonchev–Trinajstić information content (AvgIpc) is 2.66. The molecule has 0 spiro atoms. The Morgan fingerprint density at radius 2 is 1.73 bits per heavy atom. The topological polar surface area (TPSA) is 67.8 Å². The molecule has 0 fully saturated rings. The predicted octanol–water partition coefficient (Wildman–Crippen LogP) is 2.75. The molecule has 0 saturated carbocycles. The van der Waals surface area contributed by atoms with Crippen molar-refractivity contribution in [1.29, 1.82) is 0 Å². The number of nitrogens with one attached hydrogen (secondary N) is 1. The Hall–Kier alpha value is -2.53. The highest BCUT2D eigenvalue weighted by molar-refractivity contribution is 5.78. The molecule has 0 aromatic heterocycles. The standard InChI is InChI=1S/C21H27NO4/c1-21(24,12-11-16-7-5-4-6-8-16)15-22-20(23)14-17-9-10-18(25-2)19(13-17)26-3/h4-10,13,24H,11-12,14-15H2,1-3H3,(H,22,23). The van der Waals surface area contributed by atoms with Crippen molar-refractivity contribution in [2.45, 2.75) is 31.8 Å². The monoisotopic (exact) mass is 357 g/mol. The number of aliphatic hydroxyl groups is 1. The molecule has 0 aliphatic heterocycles. The first-order valence-corrected chi connectivity index (χ1v) is 8.67. The van der Waals surface area contributed by atoms with E-state index >= 15 is 0 Å². The van der Waals surface area contributed by atoms with Crippen LogP contribution in [0.5, 0.6) is 11.5 Å². The Balaban J connectivity index is 1.83. The SMILES string of the molecule is COc1ccc(CC(=O)NCC(C)(O)CCc2ccccc2)cc1OC. The molecule has 140 valence electrons. The third-order valence-corrected chi connectivity index (χ3v) is 4.27. The number of rotatable bonds is 9. The van der Waals surface area contributed by atoms with Crippen LogP contribution in [0.1, 0.15) is 24.5 Å². The van der Waals surface area contributed by atoms with Gasteiger partial charge in [-0.1, -0.05) is 36.4 Å². The zero-order chi connectivity index (χ0) is 19.0. The summed E-state index contributed by atoms with van der Waals surface area (Å²) in [5.41, 5.74) is 1.04. The fourth-order valence-electron chi connectivity index (χ4n) is 2.67. The average molecular weight is 357 g/mol. The molecule has 1 amide bonds. The summed E-state index contributed by atoms with van der Waals surface area (Å²) in [5, 5.41) is 13.3. The van der Waals surface area contributed by atoms with Gasteiger partial charge < -0.3 is 19.9 Å². The minimum atomic E-state index is -0.955. The molecule has 2 rings (SSSR count). The number of aryl methyl sites for hydroxylation is 1. The van der Waals surface area contributed by atoms with Gasteiger partial charge in [-0.05, 0) is 43.0 Å². The lowest BCUT2D eigenvalue weighted by Gasteiger charge is -2.23. The number of amides is 1. The number of carbonyl (C=O) groups is 1. The molecule has 2 aromatic rings. The van der Waals surface area contributed by atoms with Crippen molar-refractivity contribution in [1.82, 2.24) is 5.32 Å². The van der Waals surface area contributed by atoms with Crippen LogP contribution in [0.2, 0.25) is 0 Å². The number of hydrogen-bond acceptors (Lipinski definition) is 4. The third-order valence-electron chi connectivity index (χ3n) is 4.27. The lowest BCUT2D eigenvalue weighted by Crippen LogP contribution is -2.41. The first kappa shape index (κ1) is 19.8. The van der Waals surface area contributed by atoms with Gasteiger partial charge in [0.25, 0.3) is 0 Å². The van der Waals surface area contributed by atoms with Crippen molar-refractivity contribution >= 4 is 5.91 Å². The van der Waals surface area contributed by atoms with Gasteiger partial charge in [-0.25, -0.2) is 0 Å². The molecule has 1 atom stereocenters. The summed E-state index contributed by atoms with van der Waals surface area (Å²) in [6, 6.07) is 15.4. The van der Waals surface area contributed by atoms with Crippen molar-refractivity contribution in [3.63, 3.8) is 0 Å². The number of carbonyl (C=O) groups excluding carboxylic acids is 1. The van der Waals surface area contributed by atoms with Crippen LogP contribution < -0.4 is 14.8 Å². The molecule has 2 N–H and O–H groups in total. The molecular formula is C21H27NO4. The van der Waals surface area contributed by atoms with E-state index < -0.39 is 5.60 Å². The van der Waals surface area contributed by atoms with Crippen molar-refractivity contribution in [3.8, 4) is 11.5 Å². The van der Waals surface area contributed by atoms with Crippen molar-refractivity contribution in [2.24, 2.45) is 0 Å². The van der Waals surface area contributed by atoms with E-state index in [9.17, 15) is 9.90 Å². The van der Waals surface area contributed by atoms with E-state index in [1.807, 2.05) is 36.4 Å². The van der Waals surface area contributed by atoms with Crippen molar-refractivity contribution < 1.29 is 19.4 Å². The maximum atomic E-state index is 12.2. The minimum absolute atomic E-state index is 0.141. The largest absolute Gasteiger partial charge is 0.493 e. The zero-order valence-corrected chi connectivity index (χ0v) is 15.6. The van der Waals surface area contributed by atoms with Gasteiger partial charge in [-0.3, -0.25) is 4.79 Å². The van der Waals surface area contributed by atoms with E-state index in [2.05, 4.69) is 5.32 Å². The smallest absolute Gasteiger partial charge is 0.224 e. The molecular weight excluding hydrogens is 330 g/mol. The molecule has 0 heterocycles. The van der Waals surface area contributed by atoms with E-state index in [0.29, 0.717) is 17.9 Å². The second-order valence-electron chi connectivity index (χ2n) is 6.63. The van der Waals surface area contributed by atoms with E-state index in [-0.39, 0.29) is 18.9 Å². The fourth-order valence-corrected chi connectivity index (χ4v) is 2.67. The normalized spacial score (nSPS) is 12.9. The summed E-state index contributed by atoms with van der Waals surface area (Å²) in [6.45, 7) is 1.96. The number of benzene rings is 2. The lowest BCUT2D eigenvalue weighted by molar-refractivity contribution is -0.121. The van der Waals surface area contributed by atoms with E-state index in [1.165, 1.54) is 5.56 Å². The lowest BCUT2D eigenvalue weighted by atomic mass is 9.96. The van der Waals surface area contributed by atoms with Crippen LogP contribution in [-0.4, -0.2) is 37.4 Å². The van der Waals surface area contributed by atoms with Gasteiger partial charge in [0.15, 0.2) is 11.5 Å².